The van der Waals surface area contributed by atoms with Crippen molar-refractivity contribution in [3.8, 4) is 5.75 Å². The molecule has 15 heavy (non-hydrogen) atoms. The van der Waals surface area contributed by atoms with Crippen LogP contribution >= 0.6 is 0 Å². The smallest absolute Gasteiger partial charge is 0.155 e. The predicted molar refractivity (Wildman–Crippen MR) is 57.8 cm³/mol. The van der Waals surface area contributed by atoms with E-state index in [0.29, 0.717) is 17.6 Å². The minimum Gasteiger partial charge on any atom is -0.491 e. The van der Waals surface area contributed by atoms with Gasteiger partial charge in [-0.3, -0.25) is 4.79 Å². The number of aldehydes is 1. The van der Waals surface area contributed by atoms with E-state index in [1.807, 2.05) is 13.8 Å². The van der Waals surface area contributed by atoms with Gasteiger partial charge in [-0.25, -0.2) is 0 Å². The number of aliphatic hydroxyl groups is 1. The van der Waals surface area contributed by atoms with E-state index in [2.05, 4.69) is 0 Å². The van der Waals surface area contributed by atoms with Crippen molar-refractivity contribution < 1.29 is 14.6 Å². The third-order valence-electron chi connectivity index (χ3n) is 2.02. The first-order valence-electron chi connectivity index (χ1n) is 4.91. The SMILES string of the molecule is CC(C)Oc1cccc(C(C)(O)C=O)c1. The zero-order valence-corrected chi connectivity index (χ0v) is 9.23. The molecule has 0 amide bonds. The lowest BCUT2D eigenvalue weighted by Crippen LogP contribution is -2.22. The molecule has 1 aromatic carbocycles. The Bertz CT molecular complexity index is 342. The van der Waals surface area contributed by atoms with Crippen LogP contribution < -0.4 is 4.74 Å². The highest BCUT2D eigenvalue weighted by Crippen LogP contribution is 2.23. The number of carbonyl (C=O) groups is 1. The zero-order valence-electron chi connectivity index (χ0n) is 9.23. The summed E-state index contributed by atoms with van der Waals surface area (Å²) in [6.07, 6.45) is 0.586. The van der Waals surface area contributed by atoms with Gasteiger partial charge in [0, 0.05) is 0 Å². The van der Waals surface area contributed by atoms with Gasteiger partial charge < -0.3 is 9.84 Å². The van der Waals surface area contributed by atoms with E-state index in [4.69, 9.17) is 4.74 Å². The molecule has 1 atom stereocenters. The predicted octanol–water partition coefficient (Wildman–Crippen LogP) is 1.88. The van der Waals surface area contributed by atoms with E-state index in [0.717, 1.165) is 0 Å². The first kappa shape index (κ1) is 11.7. The molecule has 0 bridgehead atoms. The summed E-state index contributed by atoms with van der Waals surface area (Å²) in [5, 5.41) is 9.73. The van der Waals surface area contributed by atoms with Gasteiger partial charge in [-0.2, -0.15) is 0 Å². The van der Waals surface area contributed by atoms with Gasteiger partial charge in [-0.1, -0.05) is 12.1 Å². The van der Waals surface area contributed by atoms with Gasteiger partial charge in [0.2, 0.25) is 0 Å². The Balaban J connectivity index is 2.97. The molecule has 0 saturated carbocycles. The van der Waals surface area contributed by atoms with Crippen LogP contribution in [0.1, 0.15) is 26.3 Å². The highest BCUT2D eigenvalue weighted by Gasteiger charge is 2.22. The number of hydrogen-bond donors (Lipinski definition) is 1. The topological polar surface area (TPSA) is 46.5 Å². The Morgan fingerprint density at radius 3 is 2.67 bits per heavy atom. The molecule has 0 spiro atoms. The van der Waals surface area contributed by atoms with E-state index in [1.165, 1.54) is 6.92 Å². The van der Waals surface area contributed by atoms with Gasteiger partial charge in [-0.15, -0.1) is 0 Å². The van der Waals surface area contributed by atoms with Gasteiger partial charge >= 0.3 is 0 Å². The fraction of sp³-hybridized carbons (Fsp3) is 0.417. The van der Waals surface area contributed by atoms with Crippen LogP contribution in [0.4, 0.5) is 0 Å². The maximum atomic E-state index is 10.7. The molecule has 0 fully saturated rings. The van der Waals surface area contributed by atoms with Crippen molar-refractivity contribution in [2.45, 2.75) is 32.5 Å². The van der Waals surface area contributed by atoms with Crippen LogP contribution in [-0.4, -0.2) is 17.5 Å². The van der Waals surface area contributed by atoms with Crippen molar-refractivity contribution in [2.75, 3.05) is 0 Å². The van der Waals surface area contributed by atoms with Gasteiger partial charge in [0.15, 0.2) is 6.29 Å². The maximum absolute atomic E-state index is 10.7. The molecule has 0 aliphatic heterocycles. The lowest BCUT2D eigenvalue weighted by atomic mass is 9.98. The number of benzene rings is 1. The second-order valence-electron chi connectivity index (χ2n) is 3.96. The summed E-state index contributed by atoms with van der Waals surface area (Å²) < 4.78 is 5.47. The average Bonchev–Trinajstić information content (AvgIpc) is 2.17. The highest BCUT2D eigenvalue weighted by atomic mass is 16.5. The van der Waals surface area contributed by atoms with Crippen LogP contribution in [-0.2, 0) is 10.4 Å². The van der Waals surface area contributed by atoms with E-state index < -0.39 is 5.60 Å². The van der Waals surface area contributed by atoms with Crippen molar-refractivity contribution in [1.82, 2.24) is 0 Å². The van der Waals surface area contributed by atoms with Crippen LogP contribution in [0.25, 0.3) is 0 Å². The van der Waals surface area contributed by atoms with Gasteiger partial charge in [-0.05, 0) is 38.5 Å². The van der Waals surface area contributed by atoms with Crippen LogP contribution in [0.2, 0.25) is 0 Å². The lowest BCUT2D eigenvalue weighted by molar-refractivity contribution is -0.123. The molecule has 1 unspecified atom stereocenters. The molecule has 82 valence electrons. The lowest BCUT2D eigenvalue weighted by Gasteiger charge is -2.18. The zero-order chi connectivity index (χ0) is 11.5. The maximum Gasteiger partial charge on any atom is 0.155 e. The standard InChI is InChI=1S/C12H16O3/c1-9(2)15-11-6-4-5-10(7-11)12(3,14)8-13/h4-9,14H,1-3H3. The first-order chi connectivity index (χ1) is 6.95. The summed E-state index contributed by atoms with van der Waals surface area (Å²) in [5.74, 6) is 0.657. The summed E-state index contributed by atoms with van der Waals surface area (Å²) in [6, 6.07) is 6.92. The first-order valence-corrected chi connectivity index (χ1v) is 4.91. The number of hydrogen-bond acceptors (Lipinski definition) is 3. The summed E-state index contributed by atoms with van der Waals surface area (Å²) in [7, 11) is 0. The molecule has 0 radical (unpaired) electrons. The van der Waals surface area contributed by atoms with E-state index in [1.54, 1.807) is 24.3 Å². The molecule has 1 rings (SSSR count). The van der Waals surface area contributed by atoms with Crippen molar-refractivity contribution >= 4 is 6.29 Å². The Labute approximate surface area is 89.7 Å². The monoisotopic (exact) mass is 208 g/mol. The summed E-state index contributed by atoms with van der Waals surface area (Å²) in [6.45, 7) is 5.30. The van der Waals surface area contributed by atoms with Crippen molar-refractivity contribution in [2.24, 2.45) is 0 Å². The molecule has 1 aromatic rings. The highest BCUT2D eigenvalue weighted by molar-refractivity contribution is 5.65. The van der Waals surface area contributed by atoms with Crippen LogP contribution in [0, 0.1) is 0 Å². The van der Waals surface area contributed by atoms with E-state index >= 15 is 0 Å². The molecule has 0 heterocycles. The Morgan fingerprint density at radius 1 is 1.47 bits per heavy atom. The molecule has 1 N–H and O–H groups in total. The van der Waals surface area contributed by atoms with Gasteiger partial charge in [0.1, 0.15) is 11.4 Å². The molecule has 0 saturated heterocycles. The van der Waals surface area contributed by atoms with Crippen LogP contribution in [0.15, 0.2) is 24.3 Å². The largest absolute Gasteiger partial charge is 0.491 e. The molecule has 0 aliphatic rings. The summed E-state index contributed by atoms with van der Waals surface area (Å²) >= 11 is 0. The van der Waals surface area contributed by atoms with Crippen molar-refractivity contribution in [3.63, 3.8) is 0 Å². The van der Waals surface area contributed by atoms with E-state index in [9.17, 15) is 9.90 Å². The summed E-state index contributed by atoms with van der Waals surface area (Å²) in [4.78, 5) is 10.7. The van der Waals surface area contributed by atoms with Crippen LogP contribution in [0.5, 0.6) is 5.75 Å². The fourth-order valence-corrected chi connectivity index (χ4v) is 1.22. The molecular formula is C12H16O3. The fourth-order valence-electron chi connectivity index (χ4n) is 1.22. The van der Waals surface area contributed by atoms with Crippen molar-refractivity contribution in [1.29, 1.82) is 0 Å². The minimum atomic E-state index is -1.45. The quantitative estimate of drug-likeness (QED) is 0.768. The average molecular weight is 208 g/mol. The summed E-state index contributed by atoms with van der Waals surface area (Å²) in [5.41, 5.74) is -0.910. The molecule has 3 heteroatoms. The Kier molecular flexibility index (Phi) is 3.48. The second-order valence-corrected chi connectivity index (χ2v) is 3.96. The normalized spacial score (nSPS) is 14.7. The third-order valence-corrected chi connectivity index (χ3v) is 2.02. The molecule has 3 nitrogen and oxygen atoms in total. The van der Waals surface area contributed by atoms with Gasteiger partial charge in [0.25, 0.3) is 0 Å². The molecule has 0 aliphatic carbocycles. The van der Waals surface area contributed by atoms with Crippen molar-refractivity contribution in [3.05, 3.63) is 29.8 Å². The molecule has 0 aromatic heterocycles. The number of ether oxygens (including phenoxy) is 1. The second kappa shape index (κ2) is 4.45. The Hall–Kier alpha value is -1.35. The number of rotatable bonds is 4. The molecular weight excluding hydrogens is 192 g/mol. The van der Waals surface area contributed by atoms with E-state index in [-0.39, 0.29) is 6.10 Å². The number of carbonyl (C=O) groups excluding carboxylic acids is 1. The van der Waals surface area contributed by atoms with Gasteiger partial charge in [0.05, 0.1) is 6.10 Å². The van der Waals surface area contributed by atoms with Crippen LogP contribution in [0.3, 0.4) is 0 Å². The third kappa shape index (κ3) is 3.06. The minimum absolute atomic E-state index is 0.0708. The Morgan fingerprint density at radius 2 is 2.13 bits per heavy atom.